The van der Waals surface area contributed by atoms with Crippen molar-refractivity contribution in [3.05, 3.63) is 47.4 Å². The molecule has 1 aliphatic heterocycles. The molecule has 0 unspecified atom stereocenters. The Hall–Kier alpha value is -2.67. The molecule has 0 N–H and O–H groups in total. The Kier molecular flexibility index (Phi) is 3.74. The van der Waals surface area contributed by atoms with E-state index in [-0.39, 0.29) is 6.10 Å². The van der Waals surface area contributed by atoms with Crippen molar-refractivity contribution in [2.45, 2.75) is 44.9 Å². The fraction of sp³-hybridized carbons (Fsp3) is 0.421. The molecule has 1 aliphatic carbocycles. The maximum atomic E-state index is 6.02. The summed E-state index contributed by atoms with van der Waals surface area (Å²) in [6.45, 7) is 3.81. The van der Waals surface area contributed by atoms with Crippen LogP contribution in [0.15, 0.2) is 34.9 Å². The minimum atomic E-state index is -0.0318. The molecular formula is C19H20N4O3. The van der Waals surface area contributed by atoms with Gasteiger partial charge in [0.2, 0.25) is 0 Å². The SMILES string of the molecule is CCOc1ccc([C@H]2Cn3nc(-c4nc(C5CC5)no4)cc3CO2)cc1. The minimum Gasteiger partial charge on any atom is -0.494 e. The summed E-state index contributed by atoms with van der Waals surface area (Å²) >= 11 is 0. The van der Waals surface area contributed by atoms with Gasteiger partial charge in [-0.25, -0.2) is 0 Å². The van der Waals surface area contributed by atoms with Gasteiger partial charge in [0.15, 0.2) is 11.5 Å². The van der Waals surface area contributed by atoms with Gasteiger partial charge < -0.3 is 14.0 Å². The lowest BCUT2D eigenvalue weighted by Crippen LogP contribution is -2.21. The van der Waals surface area contributed by atoms with Gasteiger partial charge in [-0.15, -0.1) is 0 Å². The normalized spacial score (nSPS) is 19.3. The largest absolute Gasteiger partial charge is 0.494 e. The van der Waals surface area contributed by atoms with Crippen molar-refractivity contribution in [2.75, 3.05) is 6.61 Å². The summed E-state index contributed by atoms with van der Waals surface area (Å²) in [6, 6.07) is 10.0. The Labute approximate surface area is 150 Å². The number of rotatable bonds is 5. The van der Waals surface area contributed by atoms with Gasteiger partial charge in [-0.2, -0.15) is 10.1 Å². The van der Waals surface area contributed by atoms with Crippen LogP contribution in [0.5, 0.6) is 5.75 Å². The second-order valence-corrected chi connectivity index (χ2v) is 6.74. The Morgan fingerprint density at radius 2 is 2.08 bits per heavy atom. The quantitative estimate of drug-likeness (QED) is 0.700. The highest BCUT2D eigenvalue weighted by Crippen LogP contribution is 2.39. The van der Waals surface area contributed by atoms with Crippen LogP contribution in [0, 0.1) is 0 Å². The summed E-state index contributed by atoms with van der Waals surface area (Å²) < 4.78 is 18.9. The van der Waals surface area contributed by atoms with E-state index in [0.717, 1.165) is 41.4 Å². The number of hydrogen-bond donors (Lipinski definition) is 0. The third-order valence-corrected chi connectivity index (χ3v) is 4.80. The van der Waals surface area contributed by atoms with Crippen molar-refractivity contribution in [3.8, 4) is 17.3 Å². The number of ether oxygens (including phenoxy) is 2. The molecule has 0 amide bonds. The summed E-state index contributed by atoms with van der Waals surface area (Å²) in [5.41, 5.74) is 2.86. The first-order chi connectivity index (χ1) is 12.8. The average Bonchev–Trinajstić information content (AvgIpc) is 3.24. The summed E-state index contributed by atoms with van der Waals surface area (Å²) in [7, 11) is 0. The van der Waals surface area contributed by atoms with Gasteiger partial charge in [-0.3, -0.25) is 4.68 Å². The van der Waals surface area contributed by atoms with Crippen molar-refractivity contribution in [1.82, 2.24) is 19.9 Å². The number of hydrogen-bond acceptors (Lipinski definition) is 6. The molecule has 0 spiro atoms. The standard InChI is InChI=1S/C19H20N4O3/c1-2-24-15-7-5-12(6-8-15)17-10-23-14(11-25-17)9-16(21-23)19-20-18(22-26-19)13-3-4-13/h5-9,13,17H,2-4,10-11H2,1H3/t17-/m1/s1. The lowest BCUT2D eigenvalue weighted by atomic mass is 10.1. The molecule has 0 saturated heterocycles. The van der Waals surface area contributed by atoms with Crippen molar-refractivity contribution in [1.29, 1.82) is 0 Å². The third kappa shape index (κ3) is 2.88. The van der Waals surface area contributed by atoms with E-state index >= 15 is 0 Å². The predicted molar refractivity (Wildman–Crippen MR) is 92.6 cm³/mol. The Bertz CT molecular complexity index is 911. The van der Waals surface area contributed by atoms with Crippen LogP contribution in [0.2, 0.25) is 0 Å². The molecule has 3 heterocycles. The van der Waals surface area contributed by atoms with Crippen molar-refractivity contribution >= 4 is 0 Å². The first kappa shape index (κ1) is 15.6. The highest BCUT2D eigenvalue weighted by molar-refractivity contribution is 5.47. The molecule has 1 atom stereocenters. The number of benzene rings is 1. The van der Waals surface area contributed by atoms with Crippen LogP contribution >= 0.6 is 0 Å². The lowest BCUT2D eigenvalue weighted by Gasteiger charge is -2.24. The zero-order valence-electron chi connectivity index (χ0n) is 14.6. The molecule has 3 aromatic rings. The number of fused-ring (bicyclic) bond motifs is 1. The van der Waals surface area contributed by atoms with E-state index in [4.69, 9.17) is 14.0 Å². The van der Waals surface area contributed by atoms with Crippen LogP contribution in [0.25, 0.3) is 11.6 Å². The predicted octanol–water partition coefficient (Wildman–Crippen LogP) is 3.48. The third-order valence-electron chi connectivity index (χ3n) is 4.80. The highest BCUT2D eigenvalue weighted by Gasteiger charge is 2.30. The van der Waals surface area contributed by atoms with Crippen LogP contribution in [0.1, 0.15) is 48.9 Å². The lowest BCUT2D eigenvalue weighted by molar-refractivity contribution is -0.00115. The molecule has 2 aromatic heterocycles. The van der Waals surface area contributed by atoms with Crippen LogP contribution in [-0.4, -0.2) is 26.5 Å². The topological polar surface area (TPSA) is 75.2 Å². The van der Waals surface area contributed by atoms with Gasteiger partial charge in [0.05, 0.1) is 25.5 Å². The Morgan fingerprint density at radius 1 is 1.23 bits per heavy atom. The second-order valence-electron chi connectivity index (χ2n) is 6.74. The van der Waals surface area contributed by atoms with E-state index in [2.05, 4.69) is 15.2 Å². The first-order valence-corrected chi connectivity index (χ1v) is 9.05. The average molecular weight is 352 g/mol. The van der Waals surface area contributed by atoms with Gasteiger partial charge in [0.25, 0.3) is 5.89 Å². The summed E-state index contributed by atoms with van der Waals surface area (Å²) in [5.74, 6) is 2.63. The van der Waals surface area contributed by atoms with Gasteiger partial charge in [-0.1, -0.05) is 17.3 Å². The second kappa shape index (κ2) is 6.25. The van der Waals surface area contributed by atoms with Crippen LogP contribution in [0.4, 0.5) is 0 Å². The fourth-order valence-electron chi connectivity index (χ4n) is 3.22. The van der Waals surface area contributed by atoms with E-state index in [1.165, 1.54) is 0 Å². The molecule has 2 aliphatic rings. The molecule has 1 fully saturated rings. The monoisotopic (exact) mass is 352 g/mol. The van der Waals surface area contributed by atoms with Gasteiger partial charge in [0, 0.05) is 5.92 Å². The molecule has 0 bridgehead atoms. The van der Waals surface area contributed by atoms with Crippen molar-refractivity contribution in [3.63, 3.8) is 0 Å². The molecule has 134 valence electrons. The first-order valence-electron chi connectivity index (χ1n) is 9.05. The van der Waals surface area contributed by atoms with Crippen LogP contribution in [0.3, 0.4) is 0 Å². The summed E-state index contributed by atoms with van der Waals surface area (Å²) in [6.07, 6.45) is 2.27. The molecule has 0 radical (unpaired) electrons. The zero-order valence-corrected chi connectivity index (χ0v) is 14.6. The van der Waals surface area contributed by atoms with Crippen molar-refractivity contribution in [2.24, 2.45) is 0 Å². The maximum Gasteiger partial charge on any atom is 0.278 e. The van der Waals surface area contributed by atoms with E-state index in [1.807, 2.05) is 41.9 Å². The van der Waals surface area contributed by atoms with Crippen molar-refractivity contribution < 1.29 is 14.0 Å². The Balaban J connectivity index is 1.34. The van der Waals surface area contributed by atoms with Gasteiger partial charge in [-0.05, 0) is 43.5 Å². The molecule has 7 heteroatoms. The molecular weight excluding hydrogens is 332 g/mol. The Morgan fingerprint density at radius 3 is 2.85 bits per heavy atom. The molecule has 1 aromatic carbocycles. The number of aromatic nitrogens is 4. The van der Waals surface area contributed by atoms with E-state index < -0.39 is 0 Å². The minimum absolute atomic E-state index is 0.0318. The van der Waals surface area contributed by atoms with Crippen LogP contribution < -0.4 is 4.74 Å². The maximum absolute atomic E-state index is 6.02. The summed E-state index contributed by atoms with van der Waals surface area (Å²) in [5, 5.41) is 8.72. The molecule has 7 nitrogen and oxygen atoms in total. The van der Waals surface area contributed by atoms with E-state index in [1.54, 1.807) is 0 Å². The van der Waals surface area contributed by atoms with Gasteiger partial charge >= 0.3 is 0 Å². The molecule has 26 heavy (non-hydrogen) atoms. The molecule has 1 saturated carbocycles. The van der Waals surface area contributed by atoms with Gasteiger partial charge in [0.1, 0.15) is 11.9 Å². The zero-order chi connectivity index (χ0) is 17.5. The highest BCUT2D eigenvalue weighted by atomic mass is 16.5. The molecule has 5 rings (SSSR count). The van der Waals surface area contributed by atoms with E-state index in [9.17, 15) is 0 Å². The van der Waals surface area contributed by atoms with Crippen LogP contribution in [-0.2, 0) is 17.9 Å². The fourth-order valence-corrected chi connectivity index (χ4v) is 3.22. The number of nitrogens with zero attached hydrogens (tertiary/aromatic N) is 4. The van der Waals surface area contributed by atoms with E-state index in [0.29, 0.717) is 31.6 Å². The smallest absolute Gasteiger partial charge is 0.278 e. The summed E-state index contributed by atoms with van der Waals surface area (Å²) in [4.78, 5) is 4.48.